The Balaban J connectivity index is 2.31. The summed E-state index contributed by atoms with van der Waals surface area (Å²) in [5.41, 5.74) is 7.45. The van der Waals surface area contributed by atoms with Gasteiger partial charge >= 0.3 is 0 Å². The molecule has 0 aliphatic rings. The lowest BCUT2D eigenvalue weighted by Gasteiger charge is -1.99. The molecule has 0 aliphatic heterocycles. The fourth-order valence-corrected chi connectivity index (χ4v) is 2.42. The van der Waals surface area contributed by atoms with Gasteiger partial charge in [0.15, 0.2) is 5.65 Å². The molecule has 0 bridgehead atoms. The molecule has 3 rings (SSSR count). The van der Waals surface area contributed by atoms with Crippen molar-refractivity contribution in [3.8, 4) is 11.3 Å². The van der Waals surface area contributed by atoms with Crippen LogP contribution in [0.2, 0.25) is 0 Å². The van der Waals surface area contributed by atoms with Gasteiger partial charge in [-0.25, -0.2) is 14.1 Å². The molecule has 0 unspecified atom stereocenters. The number of halogens is 2. The van der Waals surface area contributed by atoms with Crippen LogP contribution in [0.5, 0.6) is 0 Å². The fourth-order valence-electron chi connectivity index (χ4n) is 1.95. The Labute approximate surface area is 116 Å². The predicted octanol–water partition coefficient (Wildman–Crippen LogP) is 2.51. The Kier molecular flexibility index (Phi) is 2.70. The molecule has 7 heteroatoms. The number of rotatable bonds is 1. The number of hydrogen-bond donors (Lipinski definition) is 1. The van der Waals surface area contributed by atoms with Crippen LogP contribution in [0.1, 0.15) is 0 Å². The highest BCUT2D eigenvalue weighted by atomic mass is 79.9. The zero-order valence-electron chi connectivity index (χ0n) is 9.93. The van der Waals surface area contributed by atoms with Crippen molar-refractivity contribution in [2.24, 2.45) is 7.05 Å². The average Bonchev–Trinajstić information content (AvgIpc) is 2.65. The third-order valence-electron chi connectivity index (χ3n) is 2.73. The summed E-state index contributed by atoms with van der Waals surface area (Å²) in [4.78, 5) is 8.09. The Hall–Kier alpha value is -2.02. The molecular weight excluding hydrogens is 313 g/mol. The second kappa shape index (κ2) is 4.27. The molecule has 1 aromatic carbocycles. The highest BCUT2D eigenvalue weighted by molar-refractivity contribution is 9.10. The summed E-state index contributed by atoms with van der Waals surface area (Å²) in [6.07, 6.45) is 1.60. The van der Waals surface area contributed by atoms with Crippen molar-refractivity contribution in [2.45, 2.75) is 0 Å². The van der Waals surface area contributed by atoms with Crippen molar-refractivity contribution in [3.63, 3.8) is 0 Å². The van der Waals surface area contributed by atoms with E-state index in [0.717, 1.165) is 5.39 Å². The molecule has 5 nitrogen and oxygen atoms in total. The number of anilines is 1. The summed E-state index contributed by atoms with van der Waals surface area (Å²) >= 11 is 3.27. The highest BCUT2D eigenvalue weighted by Crippen LogP contribution is 2.29. The van der Waals surface area contributed by atoms with Crippen LogP contribution in [0.4, 0.5) is 10.3 Å². The molecule has 0 spiro atoms. The zero-order valence-corrected chi connectivity index (χ0v) is 11.5. The number of aryl methyl sites for hydroxylation is 1. The van der Waals surface area contributed by atoms with E-state index in [1.807, 2.05) is 0 Å². The molecule has 0 fully saturated rings. The monoisotopic (exact) mass is 321 g/mol. The number of nitrogens with two attached hydrogens (primary N) is 1. The molecule has 2 aromatic heterocycles. The molecular formula is C12H9BrFN5. The number of nitrogen functional groups attached to an aromatic ring is 1. The second-order valence-corrected chi connectivity index (χ2v) is 5.01. The SMILES string of the molecule is Cn1nc(-c2cc(F)cc(Br)c2)c2cnc(N)nc21. The number of hydrogen-bond acceptors (Lipinski definition) is 4. The van der Waals surface area contributed by atoms with Crippen molar-refractivity contribution < 1.29 is 4.39 Å². The molecule has 0 radical (unpaired) electrons. The van der Waals surface area contributed by atoms with Crippen LogP contribution in [0.15, 0.2) is 28.9 Å². The van der Waals surface area contributed by atoms with Gasteiger partial charge in [0.05, 0.1) is 5.39 Å². The summed E-state index contributed by atoms with van der Waals surface area (Å²) in [6.45, 7) is 0. The zero-order chi connectivity index (χ0) is 13.6. The Morgan fingerprint density at radius 3 is 2.84 bits per heavy atom. The highest BCUT2D eigenvalue weighted by Gasteiger charge is 2.13. The summed E-state index contributed by atoms with van der Waals surface area (Å²) < 4.78 is 15.7. The molecule has 0 saturated carbocycles. The minimum atomic E-state index is -0.334. The third-order valence-corrected chi connectivity index (χ3v) is 3.19. The topological polar surface area (TPSA) is 69.6 Å². The molecule has 19 heavy (non-hydrogen) atoms. The third kappa shape index (κ3) is 2.06. The van der Waals surface area contributed by atoms with E-state index in [0.29, 0.717) is 21.4 Å². The van der Waals surface area contributed by atoms with Gasteiger partial charge in [-0.15, -0.1) is 0 Å². The van der Waals surface area contributed by atoms with Crippen LogP contribution in [0.3, 0.4) is 0 Å². The van der Waals surface area contributed by atoms with Gasteiger partial charge in [-0.1, -0.05) is 15.9 Å². The van der Waals surface area contributed by atoms with Gasteiger partial charge in [-0.05, 0) is 18.2 Å². The number of benzene rings is 1. The van der Waals surface area contributed by atoms with Crippen molar-refractivity contribution in [1.82, 2.24) is 19.7 Å². The largest absolute Gasteiger partial charge is 0.368 e. The first-order valence-corrected chi connectivity index (χ1v) is 6.25. The normalized spacial score (nSPS) is 11.1. The smallest absolute Gasteiger partial charge is 0.222 e. The van der Waals surface area contributed by atoms with Gasteiger partial charge in [0.25, 0.3) is 0 Å². The predicted molar refractivity (Wildman–Crippen MR) is 73.8 cm³/mol. The summed E-state index contributed by atoms with van der Waals surface area (Å²) in [5, 5.41) is 5.09. The lowest BCUT2D eigenvalue weighted by Crippen LogP contribution is -1.97. The molecule has 3 aromatic rings. The first-order chi connectivity index (χ1) is 9.04. The summed E-state index contributed by atoms with van der Waals surface area (Å²) in [6, 6.07) is 4.60. The first kappa shape index (κ1) is 12.0. The van der Waals surface area contributed by atoms with E-state index in [1.54, 1.807) is 24.0 Å². The van der Waals surface area contributed by atoms with Crippen molar-refractivity contribution in [3.05, 3.63) is 34.7 Å². The van der Waals surface area contributed by atoms with Gasteiger partial charge in [0.1, 0.15) is 11.5 Å². The molecule has 96 valence electrons. The quantitative estimate of drug-likeness (QED) is 0.747. The van der Waals surface area contributed by atoms with Crippen LogP contribution in [0.25, 0.3) is 22.3 Å². The van der Waals surface area contributed by atoms with E-state index in [1.165, 1.54) is 12.1 Å². The van der Waals surface area contributed by atoms with Crippen LogP contribution in [0, 0.1) is 5.82 Å². The summed E-state index contributed by atoms with van der Waals surface area (Å²) in [7, 11) is 1.76. The van der Waals surface area contributed by atoms with Crippen molar-refractivity contribution in [1.29, 1.82) is 0 Å². The molecule has 0 atom stereocenters. The van der Waals surface area contributed by atoms with E-state index >= 15 is 0 Å². The van der Waals surface area contributed by atoms with Crippen LogP contribution in [-0.2, 0) is 7.05 Å². The lowest BCUT2D eigenvalue weighted by atomic mass is 10.1. The Morgan fingerprint density at radius 1 is 1.32 bits per heavy atom. The maximum atomic E-state index is 13.5. The molecule has 0 saturated heterocycles. The van der Waals surface area contributed by atoms with Crippen molar-refractivity contribution >= 4 is 32.9 Å². The number of nitrogens with zero attached hydrogens (tertiary/aromatic N) is 4. The minimum Gasteiger partial charge on any atom is -0.368 e. The van der Waals surface area contributed by atoms with E-state index in [-0.39, 0.29) is 11.8 Å². The number of fused-ring (bicyclic) bond motifs is 1. The van der Waals surface area contributed by atoms with Gasteiger partial charge in [0.2, 0.25) is 5.95 Å². The van der Waals surface area contributed by atoms with Crippen molar-refractivity contribution in [2.75, 3.05) is 5.73 Å². The van der Waals surface area contributed by atoms with Gasteiger partial charge in [-0.2, -0.15) is 10.1 Å². The molecule has 2 heterocycles. The average molecular weight is 322 g/mol. The van der Waals surface area contributed by atoms with Crippen LogP contribution >= 0.6 is 15.9 Å². The van der Waals surface area contributed by atoms with Crippen LogP contribution < -0.4 is 5.73 Å². The van der Waals surface area contributed by atoms with Gasteiger partial charge in [0, 0.05) is 23.3 Å². The minimum absolute atomic E-state index is 0.183. The van der Waals surface area contributed by atoms with Crippen LogP contribution in [-0.4, -0.2) is 19.7 Å². The van der Waals surface area contributed by atoms with E-state index in [4.69, 9.17) is 5.73 Å². The lowest BCUT2D eigenvalue weighted by molar-refractivity contribution is 0.627. The van der Waals surface area contributed by atoms with Gasteiger partial charge in [-0.3, -0.25) is 0 Å². The maximum absolute atomic E-state index is 13.5. The first-order valence-electron chi connectivity index (χ1n) is 5.46. The van der Waals surface area contributed by atoms with E-state index in [9.17, 15) is 4.39 Å². The Morgan fingerprint density at radius 2 is 2.11 bits per heavy atom. The Bertz CT molecular complexity index is 763. The standard InChI is InChI=1S/C12H9BrFN5/c1-19-11-9(5-16-12(15)17-11)10(18-19)6-2-7(13)4-8(14)3-6/h2-5H,1H3,(H2,15,16,17). The molecule has 2 N–H and O–H groups in total. The summed E-state index contributed by atoms with van der Waals surface area (Å²) in [5.74, 6) is -0.151. The van der Waals surface area contributed by atoms with E-state index in [2.05, 4.69) is 31.0 Å². The maximum Gasteiger partial charge on any atom is 0.222 e. The van der Waals surface area contributed by atoms with Gasteiger partial charge < -0.3 is 5.73 Å². The molecule has 0 amide bonds. The second-order valence-electron chi connectivity index (χ2n) is 4.10. The number of aromatic nitrogens is 4. The fraction of sp³-hybridized carbons (Fsp3) is 0.0833. The molecule has 0 aliphatic carbocycles. The van der Waals surface area contributed by atoms with E-state index < -0.39 is 0 Å².